The Labute approximate surface area is 205 Å². The number of nitrogens with one attached hydrogen (secondary N) is 2. The maximum absolute atomic E-state index is 13.2. The molecule has 0 amide bonds. The molecule has 1 fully saturated rings. The molecule has 186 valence electrons. The normalized spacial score (nSPS) is 18.5. The van der Waals surface area contributed by atoms with Crippen LogP contribution >= 0.6 is 0 Å². The highest BCUT2D eigenvalue weighted by molar-refractivity contribution is 7.92. The van der Waals surface area contributed by atoms with Crippen molar-refractivity contribution in [3.63, 3.8) is 0 Å². The number of rotatable bonds is 10. The van der Waals surface area contributed by atoms with Gasteiger partial charge in [-0.1, -0.05) is 50.3 Å². The predicted octanol–water partition coefficient (Wildman–Crippen LogP) is 4.48. The molecule has 34 heavy (non-hydrogen) atoms. The largest absolute Gasteiger partial charge is 0.357 e. The molecule has 2 aromatic rings. The number of benzene rings is 2. The van der Waals surface area contributed by atoms with Gasteiger partial charge in [-0.25, -0.2) is 12.6 Å². The first-order chi connectivity index (χ1) is 16.3. The van der Waals surface area contributed by atoms with E-state index in [-0.39, 0.29) is 10.8 Å². The summed E-state index contributed by atoms with van der Waals surface area (Å²) in [4.78, 5) is 2.01. The summed E-state index contributed by atoms with van der Waals surface area (Å²) in [5, 5.41) is 3.58. The Bertz CT molecular complexity index is 1120. The van der Waals surface area contributed by atoms with Gasteiger partial charge >= 0.3 is 0 Å². The molecule has 1 aliphatic carbocycles. The minimum absolute atomic E-state index is 0.0247. The van der Waals surface area contributed by atoms with Gasteiger partial charge in [0.2, 0.25) is 0 Å². The fourth-order valence-corrected chi connectivity index (χ4v) is 6.84. The van der Waals surface area contributed by atoms with Crippen LogP contribution in [0.3, 0.4) is 0 Å². The minimum atomic E-state index is -3.76. The number of para-hydroxylation sites is 1. The molecule has 2 unspecified atom stereocenters. The van der Waals surface area contributed by atoms with Crippen LogP contribution in [0.15, 0.2) is 47.4 Å². The van der Waals surface area contributed by atoms with Crippen LogP contribution in [0.5, 0.6) is 0 Å². The fraction of sp³-hybridized carbons (Fsp3) is 0.520. The van der Waals surface area contributed by atoms with Gasteiger partial charge in [-0.15, -0.1) is 0 Å². The third kappa shape index (κ3) is 6.38. The number of hydrogen-bond donors (Lipinski definition) is 3. The van der Waals surface area contributed by atoms with E-state index in [1.807, 2.05) is 23.1 Å². The van der Waals surface area contributed by atoms with Crippen LogP contribution in [0, 0.1) is 5.92 Å². The molecule has 4 rings (SSSR count). The van der Waals surface area contributed by atoms with Crippen molar-refractivity contribution in [2.75, 3.05) is 22.0 Å². The van der Waals surface area contributed by atoms with E-state index in [9.17, 15) is 17.2 Å². The highest BCUT2D eigenvalue weighted by atomic mass is 32.2. The van der Waals surface area contributed by atoms with Gasteiger partial charge in [0.1, 0.15) is 5.88 Å². The Kier molecular flexibility index (Phi) is 8.29. The van der Waals surface area contributed by atoms with Crippen molar-refractivity contribution in [1.29, 1.82) is 0 Å². The van der Waals surface area contributed by atoms with E-state index in [0.717, 1.165) is 29.2 Å². The van der Waals surface area contributed by atoms with Crippen molar-refractivity contribution >= 4 is 32.5 Å². The Hall–Kier alpha value is -1.94. The van der Waals surface area contributed by atoms with Crippen LogP contribution in [0.1, 0.15) is 56.6 Å². The van der Waals surface area contributed by atoms with Crippen LogP contribution in [0.25, 0.3) is 0 Å². The molecule has 2 atom stereocenters. The van der Waals surface area contributed by atoms with Gasteiger partial charge in [-0.3, -0.25) is 4.72 Å². The molecule has 1 heterocycles. The molecule has 0 aromatic heterocycles. The number of fused-ring (bicyclic) bond motifs is 1. The lowest BCUT2D eigenvalue weighted by Gasteiger charge is -2.25. The molecule has 0 bridgehead atoms. The molecule has 1 aliphatic heterocycles. The highest BCUT2D eigenvalue weighted by Crippen LogP contribution is 2.31. The third-order valence-electron chi connectivity index (χ3n) is 6.93. The Morgan fingerprint density at radius 2 is 1.91 bits per heavy atom. The van der Waals surface area contributed by atoms with E-state index in [1.54, 1.807) is 24.3 Å². The second-order valence-corrected chi connectivity index (χ2v) is 12.1. The van der Waals surface area contributed by atoms with Gasteiger partial charge in [0.15, 0.2) is 11.1 Å². The van der Waals surface area contributed by atoms with Gasteiger partial charge in [-0.2, -0.15) is 0 Å². The van der Waals surface area contributed by atoms with Crippen LogP contribution in [-0.2, 0) is 34.1 Å². The Balaban J connectivity index is 1.42. The monoisotopic (exact) mass is 505 g/mol. The van der Waals surface area contributed by atoms with Crippen molar-refractivity contribution in [3.05, 3.63) is 53.6 Å². The van der Waals surface area contributed by atoms with Gasteiger partial charge in [0.05, 0.1) is 10.6 Å². The average molecular weight is 506 g/mol. The lowest BCUT2D eigenvalue weighted by molar-refractivity contribution is 0.305. The van der Waals surface area contributed by atoms with Crippen LogP contribution in [0.2, 0.25) is 0 Å². The van der Waals surface area contributed by atoms with E-state index in [2.05, 4.69) is 17.0 Å². The topological polar surface area (TPSA) is 98.7 Å². The van der Waals surface area contributed by atoms with Crippen molar-refractivity contribution in [2.45, 2.75) is 69.4 Å². The van der Waals surface area contributed by atoms with Crippen molar-refractivity contribution in [2.24, 2.45) is 5.92 Å². The zero-order valence-electron chi connectivity index (χ0n) is 19.7. The van der Waals surface area contributed by atoms with Crippen LogP contribution in [-0.4, -0.2) is 35.6 Å². The lowest BCUT2D eigenvalue weighted by atomic mass is 9.85. The van der Waals surface area contributed by atoms with E-state index >= 15 is 0 Å². The molecule has 1 saturated carbocycles. The Morgan fingerprint density at radius 1 is 1.15 bits per heavy atom. The first-order valence-corrected chi connectivity index (χ1v) is 14.9. The van der Waals surface area contributed by atoms with E-state index in [4.69, 9.17) is 0 Å². The first-order valence-electron chi connectivity index (χ1n) is 12.1. The molecule has 9 heteroatoms. The molecule has 0 saturated heterocycles. The maximum atomic E-state index is 13.2. The number of anilines is 2. The molecular formula is C25H35N3O4S2. The third-order valence-corrected chi connectivity index (χ3v) is 8.83. The second-order valence-electron chi connectivity index (χ2n) is 9.54. The Morgan fingerprint density at radius 3 is 2.68 bits per heavy atom. The van der Waals surface area contributed by atoms with Crippen molar-refractivity contribution < 1.29 is 17.2 Å². The first kappa shape index (κ1) is 25.2. The van der Waals surface area contributed by atoms with Gasteiger partial charge in [-0.05, 0) is 61.1 Å². The number of hydrogen-bond acceptors (Lipinski definition) is 5. The molecule has 7 nitrogen and oxygen atoms in total. The summed E-state index contributed by atoms with van der Waals surface area (Å²) in [6.45, 7) is 3.41. The summed E-state index contributed by atoms with van der Waals surface area (Å²) in [6, 6.07) is 12.8. The van der Waals surface area contributed by atoms with Crippen LogP contribution < -0.4 is 14.9 Å². The van der Waals surface area contributed by atoms with E-state index < -0.39 is 21.1 Å². The predicted molar refractivity (Wildman–Crippen MR) is 138 cm³/mol. The summed E-state index contributed by atoms with van der Waals surface area (Å²) in [7, 11) is -3.76. The number of sulfonamides is 1. The summed E-state index contributed by atoms with van der Waals surface area (Å²) < 4.78 is 49.5. The standard InChI is InChI=1S/C25H35N3O4S2/c1-19(15-20-7-3-2-4-8-20)26-17-22-9-5-6-10-24(22)27-34(31,32)23-11-12-25-21(16-23)13-14-28(25)18-33(29)30/h5-6,9-12,16,19-20,26-27H,2-4,7-8,13-15,17-18H2,1H3,(H,29,30). The average Bonchev–Trinajstić information content (AvgIpc) is 3.20. The lowest BCUT2D eigenvalue weighted by Crippen LogP contribution is -2.29. The highest BCUT2D eigenvalue weighted by Gasteiger charge is 2.24. The van der Waals surface area contributed by atoms with Crippen molar-refractivity contribution in [3.8, 4) is 0 Å². The fourth-order valence-electron chi connectivity index (χ4n) is 5.15. The second kappa shape index (κ2) is 11.2. The SMILES string of the molecule is CC(CC1CCCCC1)NCc1ccccc1NS(=O)(=O)c1ccc2c(c1)CCN2CS(=O)O. The molecule has 2 aliphatic rings. The molecular weight excluding hydrogens is 470 g/mol. The zero-order chi connectivity index (χ0) is 24.1. The van der Waals surface area contributed by atoms with Gasteiger partial charge in [0, 0.05) is 24.8 Å². The van der Waals surface area contributed by atoms with Gasteiger partial charge in [0.25, 0.3) is 10.0 Å². The molecule has 3 N–H and O–H groups in total. The molecule has 0 radical (unpaired) electrons. The summed E-state index contributed by atoms with van der Waals surface area (Å²) in [5.74, 6) is 0.815. The molecule has 0 spiro atoms. The quantitative estimate of drug-likeness (QED) is 0.412. The maximum Gasteiger partial charge on any atom is 0.261 e. The summed E-state index contributed by atoms with van der Waals surface area (Å²) >= 11 is -1.93. The summed E-state index contributed by atoms with van der Waals surface area (Å²) in [6.07, 6.45) is 8.47. The smallest absolute Gasteiger partial charge is 0.261 e. The van der Waals surface area contributed by atoms with E-state index in [1.165, 1.54) is 32.1 Å². The van der Waals surface area contributed by atoms with Crippen molar-refractivity contribution in [1.82, 2.24) is 5.32 Å². The van der Waals surface area contributed by atoms with Gasteiger partial charge < -0.3 is 14.8 Å². The van der Waals surface area contributed by atoms with Crippen LogP contribution in [0.4, 0.5) is 11.4 Å². The van der Waals surface area contributed by atoms with E-state index in [0.29, 0.717) is 31.2 Å². The summed E-state index contributed by atoms with van der Waals surface area (Å²) in [5.41, 5.74) is 3.19. The minimum Gasteiger partial charge on any atom is -0.357 e. The molecule has 2 aromatic carbocycles. The zero-order valence-corrected chi connectivity index (χ0v) is 21.3. The number of nitrogens with zero attached hydrogens (tertiary/aromatic N) is 1.